The maximum atomic E-state index is 14.2. The minimum absolute atomic E-state index is 0.0749. The van der Waals surface area contributed by atoms with E-state index in [9.17, 15) is 35.5 Å². The van der Waals surface area contributed by atoms with Crippen LogP contribution in [-0.4, -0.2) is 12.1 Å². The van der Waals surface area contributed by atoms with Crippen LogP contribution in [0.25, 0.3) is 0 Å². The normalized spacial score (nSPS) is 20.8. The molecule has 0 aliphatic heterocycles. The Morgan fingerprint density at radius 3 is 2.03 bits per heavy atom. The Bertz CT molecular complexity index is 895. The van der Waals surface area contributed by atoms with E-state index < -0.39 is 81.9 Å². The molecular formula is C19H15BrClF7O2. The van der Waals surface area contributed by atoms with Crippen LogP contribution in [0.3, 0.4) is 0 Å². The average molecular weight is 524 g/mol. The first-order valence-electron chi connectivity index (χ1n) is 8.38. The van der Waals surface area contributed by atoms with Gasteiger partial charge in [-0.05, 0) is 15.8 Å². The molecule has 30 heavy (non-hydrogen) atoms. The predicted octanol–water partition coefficient (Wildman–Crippen LogP) is 6.69. The largest absolute Gasteiger partial charge is 0.460 e. The van der Waals surface area contributed by atoms with Crippen molar-refractivity contribution in [1.82, 2.24) is 0 Å². The summed E-state index contributed by atoms with van der Waals surface area (Å²) in [7, 11) is 0. The Kier molecular flexibility index (Phi) is 7.03. The number of rotatable bonds is 6. The highest BCUT2D eigenvalue weighted by atomic mass is 79.9. The summed E-state index contributed by atoms with van der Waals surface area (Å²) in [5.41, 5.74) is -3.01. The van der Waals surface area contributed by atoms with Gasteiger partial charge in [-0.25, -0.2) is 17.6 Å². The third kappa shape index (κ3) is 4.85. The van der Waals surface area contributed by atoms with Gasteiger partial charge in [-0.15, -0.1) is 0 Å². The van der Waals surface area contributed by atoms with Crippen LogP contribution in [0.4, 0.5) is 30.7 Å². The van der Waals surface area contributed by atoms with E-state index >= 15 is 0 Å². The SMILES string of the molecule is C=C(Br)Cc1c(F)c(F)c(COC(=O)[C@@H]2[C@H](C=C(Cl)C(F)(F)F)C2(C)C)c(F)c1F. The highest BCUT2D eigenvalue weighted by Crippen LogP contribution is 2.60. The molecule has 1 fully saturated rings. The van der Waals surface area contributed by atoms with Gasteiger partial charge in [-0.2, -0.15) is 13.2 Å². The maximum Gasteiger partial charge on any atom is 0.426 e. The Balaban J connectivity index is 2.20. The monoisotopic (exact) mass is 522 g/mol. The molecule has 0 N–H and O–H groups in total. The highest BCUT2D eigenvalue weighted by molar-refractivity contribution is 9.11. The number of alkyl halides is 3. The molecule has 0 spiro atoms. The van der Waals surface area contributed by atoms with Crippen LogP contribution >= 0.6 is 27.5 Å². The molecule has 0 aromatic heterocycles. The Hall–Kier alpha value is -1.55. The first kappa shape index (κ1) is 24.7. The van der Waals surface area contributed by atoms with Crippen LogP contribution in [0.5, 0.6) is 0 Å². The fourth-order valence-corrected chi connectivity index (χ4v) is 3.54. The molecule has 0 saturated heterocycles. The number of hydrogen-bond acceptors (Lipinski definition) is 2. The molecule has 0 bridgehead atoms. The van der Waals surface area contributed by atoms with Gasteiger partial charge in [-0.1, -0.05) is 54.0 Å². The second-order valence-corrected chi connectivity index (χ2v) is 8.88. The van der Waals surface area contributed by atoms with Crippen LogP contribution in [0.2, 0.25) is 0 Å². The van der Waals surface area contributed by atoms with E-state index in [4.69, 9.17) is 16.3 Å². The summed E-state index contributed by atoms with van der Waals surface area (Å²) >= 11 is 8.02. The smallest absolute Gasteiger partial charge is 0.426 e. The standard InChI is InChI=1S/C19H15BrClF7O2/c1-7(20)4-8-13(22)15(24)9(16(25)14(8)23)6-30-17(29)12-10(18(12,2)3)5-11(21)19(26,27)28/h5,10,12H,1,4,6H2,2-3H3/t10-,12-/m0/s1. The molecule has 0 heterocycles. The lowest BCUT2D eigenvalue weighted by molar-refractivity contribution is -0.147. The average Bonchev–Trinajstić information content (AvgIpc) is 3.16. The molecule has 2 nitrogen and oxygen atoms in total. The third-order valence-electron chi connectivity index (χ3n) is 4.93. The Labute approximate surface area is 180 Å². The summed E-state index contributed by atoms with van der Waals surface area (Å²) in [6.45, 7) is 5.15. The fourth-order valence-electron chi connectivity index (χ4n) is 3.12. The number of carbonyl (C=O) groups is 1. The lowest BCUT2D eigenvalue weighted by Crippen LogP contribution is -2.15. The first-order chi connectivity index (χ1) is 13.6. The van der Waals surface area contributed by atoms with E-state index in [2.05, 4.69) is 22.5 Å². The number of carbonyl (C=O) groups excluding carboxylic acids is 1. The van der Waals surface area contributed by atoms with Crippen molar-refractivity contribution in [2.45, 2.75) is 33.1 Å². The molecule has 0 radical (unpaired) electrons. The quantitative estimate of drug-likeness (QED) is 0.236. The Morgan fingerprint density at radius 2 is 1.60 bits per heavy atom. The Morgan fingerprint density at radius 1 is 1.13 bits per heavy atom. The molecule has 2 atom stereocenters. The van der Waals surface area contributed by atoms with Crippen LogP contribution in [-0.2, 0) is 22.6 Å². The maximum absolute atomic E-state index is 14.2. The number of ether oxygens (including phenoxy) is 1. The number of halogens is 9. The lowest BCUT2D eigenvalue weighted by atomic mass is 10.1. The van der Waals surface area contributed by atoms with Crippen molar-refractivity contribution >= 4 is 33.5 Å². The minimum atomic E-state index is -4.79. The van der Waals surface area contributed by atoms with E-state index in [-0.39, 0.29) is 4.48 Å². The molecular weight excluding hydrogens is 509 g/mol. The van der Waals surface area contributed by atoms with E-state index in [1.165, 1.54) is 13.8 Å². The van der Waals surface area contributed by atoms with Crippen LogP contribution in [0, 0.1) is 40.5 Å². The van der Waals surface area contributed by atoms with Gasteiger partial charge >= 0.3 is 12.1 Å². The molecule has 1 aliphatic carbocycles. The van der Waals surface area contributed by atoms with Crippen LogP contribution in [0.15, 0.2) is 22.2 Å². The minimum Gasteiger partial charge on any atom is -0.460 e. The third-order valence-corrected chi connectivity index (χ3v) is 5.55. The molecule has 1 aromatic carbocycles. The van der Waals surface area contributed by atoms with Gasteiger partial charge in [0.1, 0.15) is 11.6 Å². The number of hydrogen-bond donors (Lipinski definition) is 0. The summed E-state index contributed by atoms with van der Waals surface area (Å²) in [4.78, 5) is 12.2. The molecule has 2 rings (SSSR count). The summed E-state index contributed by atoms with van der Waals surface area (Å²) in [5.74, 6) is -9.89. The van der Waals surface area contributed by atoms with Crippen molar-refractivity contribution in [1.29, 1.82) is 0 Å². The van der Waals surface area contributed by atoms with Gasteiger partial charge in [0.05, 0.1) is 11.5 Å². The molecule has 166 valence electrons. The van der Waals surface area contributed by atoms with Gasteiger partial charge in [-0.3, -0.25) is 4.79 Å². The predicted molar refractivity (Wildman–Crippen MR) is 98.6 cm³/mol. The fraction of sp³-hybridized carbons (Fsp3) is 0.421. The van der Waals surface area contributed by atoms with Crippen LogP contribution < -0.4 is 0 Å². The first-order valence-corrected chi connectivity index (χ1v) is 9.55. The van der Waals surface area contributed by atoms with Gasteiger partial charge in [0.25, 0.3) is 0 Å². The zero-order chi connectivity index (χ0) is 23.2. The second kappa shape index (κ2) is 8.53. The number of esters is 1. The summed E-state index contributed by atoms with van der Waals surface area (Å²) in [5, 5.41) is -1.42. The molecule has 0 amide bonds. The molecule has 11 heteroatoms. The van der Waals surface area contributed by atoms with E-state index in [1.807, 2.05) is 0 Å². The number of allylic oxidation sites excluding steroid dienone is 3. The van der Waals surface area contributed by atoms with Crippen LogP contribution in [0.1, 0.15) is 25.0 Å². The van der Waals surface area contributed by atoms with Crippen molar-refractivity contribution in [3.05, 3.63) is 56.6 Å². The van der Waals surface area contributed by atoms with Crippen molar-refractivity contribution < 1.29 is 40.3 Å². The molecule has 1 aromatic rings. The van der Waals surface area contributed by atoms with Gasteiger partial charge in [0.2, 0.25) is 0 Å². The summed E-state index contributed by atoms with van der Waals surface area (Å²) in [6, 6.07) is 0. The number of benzene rings is 1. The second-order valence-electron chi connectivity index (χ2n) is 7.35. The van der Waals surface area contributed by atoms with Gasteiger partial charge in [0.15, 0.2) is 23.3 Å². The zero-order valence-corrected chi connectivity index (χ0v) is 17.9. The van der Waals surface area contributed by atoms with Crippen molar-refractivity contribution in [3.8, 4) is 0 Å². The topological polar surface area (TPSA) is 26.3 Å². The van der Waals surface area contributed by atoms with Gasteiger partial charge in [0, 0.05) is 12.0 Å². The summed E-state index contributed by atoms with van der Waals surface area (Å²) in [6.07, 6.45) is -4.65. The summed E-state index contributed by atoms with van der Waals surface area (Å²) < 4.78 is 99.1. The molecule has 0 unspecified atom stereocenters. The zero-order valence-electron chi connectivity index (χ0n) is 15.6. The van der Waals surface area contributed by atoms with E-state index in [0.29, 0.717) is 6.08 Å². The molecule has 1 saturated carbocycles. The highest BCUT2D eigenvalue weighted by Gasteiger charge is 2.62. The molecule has 1 aliphatic rings. The van der Waals surface area contributed by atoms with Crippen molar-refractivity contribution in [3.63, 3.8) is 0 Å². The van der Waals surface area contributed by atoms with E-state index in [1.54, 1.807) is 0 Å². The van der Waals surface area contributed by atoms with Crippen molar-refractivity contribution in [2.75, 3.05) is 0 Å². The van der Waals surface area contributed by atoms with Gasteiger partial charge < -0.3 is 4.74 Å². The lowest BCUT2D eigenvalue weighted by Gasteiger charge is -2.12. The van der Waals surface area contributed by atoms with Crippen molar-refractivity contribution in [2.24, 2.45) is 17.3 Å². The van der Waals surface area contributed by atoms with E-state index in [0.717, 1.165) is 0 Å².